The zero-order chi connectivity index (χ0) is 13.9. The van der Waals surface area contributed by atoms with E-state index in [1.54, 1.807) is 0 Å². The highest BCUT2D eigenvalue weighted by molar-refractivity contribution is 7.99. The van der Waals surface area contributed by atoms with E-state index in [2.05, 4.69) is 29.2 Å². The number of cyclic esters (lactones) is 1. The van der Waals surface area contributed by atoms with Crippen LogP contribution >= 0.6 is 11.8 Å². The van der Waals surface area contributed by atoms with Crippen molar-refractivity contribution in [1.82, 2.24) is 4.90 Å². The minimum Gasteiger partial charge on any atom is -0.461 e. The number of thioether (sulfide) groups is 1. The van der Waals surface area contributed by atoms with Gasteiger partial charge in [0.2, 0.25) is 0 Å². The molecule has 108 valence electrons. The Kier molecular flexibility index (Phi) is 4.32. The Balaban J connectivity index is 1.49. The maximum Gasteiger partial charge on any atom is 0.323 e. The Morgan fingerprint density at radius 2 is 2.15 bits per heavy atom. The van der Waals surface area contributed by atoms with Crippen molar-refractivity contribution in [1.29, 1.82) is 0 Å². The van der Waals surface area contributed by atoms with Crippen LogP contribution in [-0.4, -0.2) is 41.9 Å². The lowest BCUT2D eigenvalue weighted by Gasteiger charge is -2.20. The fourth-order valence-corrected chi connectivity index (χ4v) is 4.10. The van der Waals surface area contributed by atoms with Crippen molar-refractivity contribution in [3.63, 3.8) is 0 Å². The van der Waals surface area contributed by atoms with Gasteiger partial charge in [0, 0.05) is 23.6 Å². The van der Waals surface area contributed by atoms with Crippen LogP contribution in [0.2, 0.25) is 0 Å². The fourth-order valence-electron chi connectivity index (χ4n) is 3.05. The standard InChI is InChI=1S/C16H21NO2S/c1-12-9-15(16(18)19-12)17-8-7-13(10-17)11-20-14-5-3-2-4-6-14/h2-6,12-13,15H,7-11H2,1H3/t12-,13-,15+/m1/s1. The number of carbonyl (C=O) groups is 1. The second-order valence-electron chi connectivity index (χ2n) is 5.77. The molecule has 0 unspecified atom stereocenters. The maximum absolute atomic E-state index is 11.8. The number of likely N-dealkylation sites (tertiary alicyclic amines) is 1. The van der Waals surface area contributed by atoms with Crippen molar-refractivity contribution in [2.45, 2.75) is 36.8 Å². The summed E-state index contributed by atoms with van der Waals surface area (Å²) in [5.74, 6) is 1.80. The van der Waals surface area contributed by atoms with E-state index in [1.807, 2.05) is 24.8 Å². The van der Waals surface area contributed by atoms with E-state index < -0.39 is 0 Å². The second-order valence-corrected chi connectivity index (χ2v) is 6.87. The van der Waals surface area contributed by atoms with Crippen molar-refractivity contribution in [2.75, 3.05) is 18.8 Å². The van der Waals surface area contributed by atoms with Crippen LogP contribution in [0.25, 0.3) is 0 Å². The van der Waals surface area contributed by atoms with Crippen molar-refractivity contribution >= 4 is 17.7 Å². The van der Waals surface area contributed by atoms with Crippen molar-refractivity contribution < 1.29 is 9.53 Å². The summed E-state index contributed by atoms with van der Waals surface area (Å²) in [5.41, 5.74) is 0. The summed E-state index contributed by atoms with van der Waals surface area (Å²) in [6.45, 7) is 4.05. The molecule has 2 fully saturated rings. The molecule has 0 spiro atoms. The van der Waals surface area contributed by atoms with Crippen molar-refractivity contribution in [3.8, 4) is 0 Å². The molecule has 3 nitrogen and oxygen atoms in total. The van der Waals surface area contributed by atoms with Gasteiger partial charge in [-0.25, -0.2) is 0 Å². The average Bonchev–Trinajstić information content (AvgIpc) is 3.04. The van der Waals surface area contributed by atoms with Gasteiger partial charge in [0.1, 0.15) is 12.1 Å². The largest absolute Gasteiger partial charge is 0.461 e. The zero-order valence-corrected chi connectivity index (χ0v) is 12.6. The molecule has 0 aromatic heterocycles. The summed E-state index contributed by atoms with van der Waals surface area (Å²) in [6, 6.07) is 10.5. The molecule has 0 amide bonds. The van der Waals surface area contributed by atoms with Gasteiger partial charge in [-0.3, -0.25) is 9.69 Å². The van der Waals surface area contributed by atoms with Crippen LogP contribution in [0, 0.1) is 5.92 Å². The van der Waals surface area contributed by atoms with Gasteiger partial charge in [0.15, 0.2) is 0 Å². The maximum atomic E-state index is 11.8. The van der Waals surface area contributed by atoms with E-state index in [9.17, 15) is 4.79 Å². The number of esters is 1. The molecule has 4 heteroatoms. The van der Waals surface area contributed by atoms with Gasteiger partial charge in [0.25, 0.3) is 0 Å². The summed E-state index contributed by atoms with van der Waals surface area (Å²) < 4.78 is 5.26. The molecule has 0 bridgehead atoms. The zero-order valence-electron chi connectivity index (χ0n) is 11.8. The molecule has 0 N–H and O–H groups in total. The van der Waals surface area contributed by atoms with E-state index >= 15 is 0 Å². The SMILES string of the molecule is C[C@@H]1C[C@H](N2CC[C@@H](CSc3ccccc3)C2)C(=O)O1. The molecular weight excluding hydrogens is 270 g/mol. The number of ether oxygens (including phenoxy) is 1. The van der Waals surface area contributed by atoms with Crippen LogP contribution in [0.4, 0.5) is 0 Å². The topological polar surface area (TPSA) is 29.5 Å². The third-order valence-electron chi connectivity index (χ3n) is 4.13. The van der Waals surface area contributed by atoms with Crippen LogP contribution in [0.5, 0.6) is 0 Å². The molecule has 2 saturated heterocycles. The Labute approximate surface area is 124 Å². The van der Waals surface area contributed by atoms with E-state index in [0.717, 1.165) is 25.3 Å². The monoisotopic (exact) mass is 291 g/mol. The summed E-state index contributed by atoms with van der Waals surface area (Å²) in [6.07, 6.45) is 2.14. The van der Waals surface area contributed by atoms with Crippen LogP contribution in [-0.2, 0) is 9.53 Å². The fraction of sp³-hybridized carbons (Fsp3) is 0.562. The summed E-state index contributed by atoms with van der Waals surface area (Å²) in [4.78, 5) is 15.4. The van der Waals surface area contributed by atoms with Crippen LogP contribution in [0.3, 0.4) is 0 Å². The van der Waals surface area contributed by atoms with Gasteiger partial charge >= 0.3 is 5.97 Å². The second kappa shape index (κ2) is 6.19. The van der Waals surface area contributed by atoms with Crippen molar-refractivity contribution in [3.05, 3.63) is 30.3 Å². The first-order valence-electron chi connectivity index (χ1n) is 7.35. The lowest BCUT2D eigenvalue weighted by atomic mass is 10.1. The van der Waals surface area contributed by atoms with Gasteiger partial charge in [-0.05, 0) is 37.9 Å². The number of hydrogen-bond donors (Lipinski definition) is 0. The number of rotatable bonds is 4. The third-order valence-corrected chi connectivity index (χ3v) is 5.38. The van der Waals surface area contributed by atoms with Crippen molar-refractivity contribution in [2.24, 2.45) is 5.92 Å². The number of carbonyl (C=O) groups excluding carboxylic acids is 1. The Bertz CT molecular complexity index is 465. The highest BCUT2D eigenvalue weighted by atomic mass is 32.2. The van der Waals surface area contributed by atoms with Gasteiger partial charge in [-0.15, -0.1) is 11.8 Å². The molecule has 2 heterocycles. The minimum absolute atomic E-state index is 0.0109. The molecule has 2 aliphatic rings. The number of nitrogens with zero attached hydrogens (tertiary/aromatic N) is 1. The van der Waals surface area contributed by atoms with Gasteiger partial charge in [-0.1, -0.05) is 18.2 Å². The van der Waals surface area contributed by atoms with Crippen LogP contribution < -0.4 is 0 Å². The minimum atomic E-state index is -0.0196. The Morgan fingerprint density at radius 3 is 2.85 bits per heavy atom. The summed E-state index contributed by atoms with van der Waals surface area (Å²) in [7, 11) is 0. The molecule has 0 aliphatic carbocycles. The Hall–Kier alpha value is -1.00. The first-order valence-corrected chi connectivity index (χ1v) is 8.33. The molecule has 1 aromatic rings. The Morgan fingerprint density at radius 1 is 1.35 bits per heavy atom. The molecular formula is C16H21NO2S. The first-order chi connectivity index (χ1) is 9.72. The highest BCUT2D eigenvalue weighted by Gasteiger charge is 2.39. The average molecular weight is 291 g/mol. The molecule has 2 aliphatic heterocycles. The normalized spacial score (nSPS) is 30.6. The van der Waals surface area contributed by atoms with Crippen LogP contribution in [0.1, 0.15) is 19.8 Å². The molecule has 0 saturated carbocycles. The molecule has 20 heavy (non-hydrogen) atoms. The molecule has 3 atom stereocenters. The van der Waals surface area contributed by atoms with E-state index in [0.29, 0.717) is 5.92 Å². The molecule has 3 rings (SSSR count). The lowest BCUT2D eigenvalue weighted by molar-refractivity contribution is -0.144. The lowest BCUT2D eigenvalue weighted by Crippen LogP contribution is -2.36. The highest BCUT2D eigenvalue weighted by Crippen LogP contribution is 2.29. The molecule has 0 radical (unpaired) electrons. The van der Waals surface area contributed by atoms with Gasteiger partial charge in [0.05, 0.1) is 0 Å². The number of hydrogen-bond acceptors (Lipinski definition) is 4. The predicted molar refractivity (Wildman–Crippen MR) is 80.8 cm³/mol. The first kappa shape index (κ1) is 14.0. The van der Waals surface area contributed by atoms with E-state index in [-0.39, 0.29) is 18.1 Å². The molecule has 1 aromatic carbocycles. The smallest absolute Gasteiger partial charge is 0.323 e. The van der Waals surface area contributed by atoms with Crippen LogP contribution in [0.15, 0.2) is 35.2 Å². The van der Waals surface area contributed by atoms with E-state index in [4.69, 9.17) is 4.74 Å². The number of benzene rings is 1. The summed E-state index contributed by atoms with van der Waals surface area (Å²) in [5, 5.41) is 0. The quantitative estimate of drug-likeness (QED) is 0.630. The summed E-state index contributed by atoms with van der Waals surface area (Å²) >= 11 is 1.92. The predicted octanol–water partition coefficient (Wildman–Crippen LogP) is 2.80. The van der Waals surface area contributed by atoms with Gasteiger partial charge < -0.3 is 4.74 Å². The van der Waals surface area contributed by atoms with Gasteiger partial charge in [-0.2, -0.15) is 0 Å². The van der Waals surface area contributed by atoms with E-state index in [1.165, 1.54) is 11.3 Å². The third kappa shape index (κ3) is 3.18.